The van der Waals surface area contributed by atoms with Crippen LogP contribution in [0.25, 0.3) is 11.3 Å². The van der Waals surface area contributed by atoms with E-state index in [2.05, 4.69) is 9.71 Å². The van der Waals surface area contributed by atoms with Crippen molar-refractivity contribution < 1.29 is 35.8 Å². The average molecular weight is 515 g/mol. The summed E-state index contributed by atoms with van der Waals surface area (Å²) in [7, 11) is -3.83. The Morgan fingerprint density at radius 1 is 1.08 bits per heavy atom. The minimum absolute atomic E-state index is 0. The Hall–Kier alpha value is -3.31. The lowest BCUT2D eigenvalue weighted by molar-refractivity contribution is -0.120. The van der Waals surface area contributed by atoms with E-state index in [9.17, 15) is 18.3 Å². The molecule has 192 valence electrons. The quantitative estimate of drug-likeness (QED) is 0.376. The maximum atomic E-state index is 13.3. The number of fused-ring (bicyclic) bond motifs is 1. The standard InChI is InChI=1S/C26H26N2O7S.2H2/c29-15-20(30)14-27-36(32,33)21-7-4-17(5-8-21)22-3-1-2-19(28-22)13-25(31)26(10-11-26)18-6-9-23-24(12-18)35-16-34-23;;/h1-9,12,20,27,29-30H,10-11,13-16H2;2*1H/t20-;;/m1../s1. The summed E-state index contributed by atoms with van der Waals surface area (Å²) in [5, 5.41) is 18.2. The van der Waals surface area contributed by atoms with Gasteiger partial charge in [-0.3, -0.25) is 9.78 Å². The first-order chi connectivity index (χ1) is 17.3. The molecule has 36 heavy (non-hydrogen) atoms. The molecule has 0 spiro atoms. The predicted molar refractivity (Wildman–Crippen MR) is 134 cm³/mol. The fourth-order valence-electron chi connectivity index (χ4n) is 4.28. The fraction of sp³-hybridized carbons (Fsp3) is 0.308. The van der Waals surface area contributed by atoms with Crippen LogP contribution in [0.3, 0.4) is 0 Å². The summed E-state index contributed by atoms with van der Waals surface area (Å²) in [6.07, 6.45) is 0.578. The Bertz CT molecular complexity index is 1400. The Morgan fingerprint density at radius 3 is 2.56 bits per heavy atom. The Labute approximate surface area is 211 Å². The highest BCUT2D eigenvalue weighted by Crippen LogP contribution is 2.51. The van der Waals surface area contributed by atoms with Gasteiger partial charge in [-0.15, -0.1) is 0 Å². The third-order valence-electron chi connectivity index (χ3n) is 6.54. The summed E-state index contributed by atoms with van der Waals surface area (Å²) in [5.74, 6) is 1.45. The zero-order valence-corrected chi connectivity index (χ0v) is 20.2. The molecule has 0 saturated heterocycles. The number of pyridine rings is 1. The van der Waals surface area contributed by atoms with Gasteiger partial charge in [-0.25, -0.2) is 13.1 Å². The van der Waals surface area contributed by atoms with Crippen molar-refractivity contribution in [2.24, 2.45) is 0 Å². The van der Waals surface area contributed by atoms with Gasteiger partial charge in [0.05, 0.1) is 28.7 Å². The summed E-state index contributed by atoms with van der Waals surface area (Å²) in [4.78, 5) is 18.0. The van der Waals surface area contributed by atoms with E-state index in [0.29, 0.717) is 28.5 Å². The van der Waals surface area contributed by atoms with Crippen LogP contribution in [0.4, 0.5) is 0 Å². The molecule has 0 amide bonds. The molecule has 10 heteroatoms. The molecule has 1 fully saturated rings. The number of hydrogen-bond acceptors (Lipinski definition) is 8. The van der Waals surface area contributed by atoms with Crippen molar-refractivity contribution in [3.05, 3.63) is 71.9 Å². The molecule has 3 aromatic rings. The number of sulfonamides is 1. The van der Waals surface area contributed by atoms with Gasteiger partial charge in [0.2, 0.25) is 16.8 Å². The van der Waals surface area contributed by atoms with Gasteiger partial charge in [0.1, 0.15) is 5.78 Å². The van der Waals surface area contributed by atoms with Gasteiger partial charge in [0.15, 0.2) is 11.5 Å². The van der Waals surface area contributed by atoms with E-state index in [1.165, 1.54) is 12.1 Å². The van der Waals surface area contributed by atoms with Crippen molar-refractivity contribution in [1.82, 2.24) is 9.71 Å². The average Bonchev–Trinajstić information content (AvgIpc) is 3.58. The van der Waals surface area contributed by atoms with Crippen molar-refractivity contribution in [3.8, 4) is 22.8 Å². The van der Waals surface area contributed by atoms with Gasteiger partial charge in [-0.1, -0.05) is 24.3 Å². The fourth-order valence-corrected chi connectivity index (χ4v) is 5.35. The topological polar surface area (TPSA) is 135 Å². The third kappa shape index (κ3) is 4.85. The number of ether oxygens (including phenoxy) is 2. The number of nitrogens with zero attached hydrogens (tertiary/aromatic N) is 1. The molecule has 2 aliphatic rings. The number of benzene rings is 2. The van der Waals surface area contributed by atoms with Crippen molar-refractivity contribution in [2.45, 2.75) is 35.7 Å². The number of Topliss-reactive ketones (excluding diaryl/α,β-unsaturated/α-hetero) is 1. The number of aliphatic hydroxyl groups is 2. The van der Waals surface area contributed by atoms with Gasteiger partial charge >= 0.3 is 0 Å². The van der Waals surface area contributed by atoms with Crippen LogP contribution in [0, 0.1) is 0 Å². The maximum absolute atomic E-state index is 13.3. The second-order valence-corrected chi connectivity index (χ2v) is 10.7. The lowest BCUT2D eigenvalue weighted by atomic mass is 9.88. The lowest BCUT2D eigenvalue weighted by Gasteiger charge is -2.15. The van der Waals surface area contributed by atoms with Crippen LogP contribution in [0.2, 0.25) is 0 Å². The molecule has 0 bridgehead atoms. The molecule has 3 N–H and O–H groups in total. The summed E-state index contributed by atoms with van der Waals surface area (Å²) < 4.78 is 37.9. The number of rotatable bonds is 10. The van der Waals surface area contributed by atoms with Crippen molar-refractivity contribution >= 4 is 15.8 Å². The number of ketones is 1. The summed E-state index contributed by atoms with van der Waals surface area (Å²) in [5.41, 5.74) is 2.38. The van der Waals surface area contributed by atoms with E-state index in [0.717, 1.165) is 18.4 Å². The first kappa shape index (κ1) is 24.4. The molecule has 1 aromatic heterocycles. The molecule has 5 rings (SSSR count). The number of aromatic nitrogens is 1. The molecule has 1 atom stereocenters. The van der Waals surface area contributed by atoms with E-state index < -0.39 is 28.1 Å². The molecule has 1 aliphatic carbocycles. The van der Waals surface area contributed by atoms with Crippen molar-refractivity contribution in [2.75, 3.05) is 19.9 Å². The van der Waals surface area contributed by atoms with E-state index in [1.54, 1.807) is 18.2 Å². The molecule has 9 nitrogen and oxygen atoms in total. The highest BCUT2D eigenvalue weighted by molar-refractivity contribution is 7.89. The van der Waals surface area contributed by atoms with Gasteiger partial charge in [-0.05, 0) is 54.8 Å². The first-order valence-electron chi connectivity index (χ1n) is 11.6. The van der Waals surface area contributed by atoms with Crippen molar-refractivity contribution in [3.63, 3.8) is 0 Å². The normalized spacial score (nSPS) is 16.5. The monoisotopic (exact) mass is 514 g/mol. The van der Waals surface area contributed by atoms with Crippen LogP contribution in [-0.4, -0.2) is 55.4 Å². The SMILES string of the molecule is O=C(Cc1cccc(-c2ccc(S(=O)(=O)NC[C@@H](O)CO)cc2)n1)C1(c2ccc3c(c2)OCO3)CC1.[HH].[HH]. The number of nitrogens with one attached hydrogen (secondary N) is 1. The van der Waals surface area contributed by atoms with E-state index in [4.69, 9.17) is 14.6 Å². The van der Waals surface area contributed by atoms with Gasteiger partial charge in [0, 0.05) is 27.1 Å². The van der Waals surface area contributed by atoms with Gasteiger partial charge in [0.25, 0.3) is 0 Å². The third-order valence-corrected chi connectivity index (χ3v) is 7.98. The van der Waals surface area contributed by atoms with Gasteiger partial charge < -0.3 is 19.7 Å². The Kier molecular flexibility index (Phi) is 6.52. The zero-order chi connectivity index (χ0) is 25.3. The highest BCUT2D eigenvalue weighted by atomic mass is 32.2. The van der Waals surface area contributed by atoms with E-state index >= 15 is 0 Å². The summed E-state index contributed by atoms with van der Waals surface area (Å²) in [6.45, 7) is -0.636. The van der Waals surface area contributed by atoms with E-state index in [1.807, 2.05) is 30.3 Å². The molecule has 0 radical (unpaired) electrons. The van der Waals surface area contributed by atoms with Crippen LogP contribution in [0.15, 0.2) is 65.6 Å². The number of carbonyl (C=O) groups is 1. The number of hydrogen-bond donors (Lipinski definition) is 3. The van der Waals surface area contributed by atoms with Crippen LogP contribution in [0.5, 0.6) is 11.5 Å². The Morgan fingerprint density at radius 2 is 1.83 bits per heavy atom. The number of carbonyl (C=O) groups excluding carboxylic acids is 1. The van der Waals surface area contributed by atoms with Crippen molar-refractivity contribution in [1.29, 1.82) is 0 Å². The number of aliphatic hydroxyl groups excluding tert-OH is 2. The second-order valence-electron chi connectivity index (χ2n) is 8.98. The minimum Gasteiger partial charge on any atom is -0.454 e. The lowest BCUT2D eigenvalue weighted by Crippen LogP contribution is -2.33. The molecule has 1 saturated carbocycles. The van der Waals surface area contributed by atoms with E-state index in [-0.39, 0.29) is 33.3 Å². The second kappa shape index (κ2) is 9.62. The smallest absolute Gasteiger partial charge is 0.240 e. The predicted octanol–water partition coefficient (Wildman–Crippen LogP) is 2.44. The molecule has 2 aromatic carbocycles. The van der Waals surface area contributed by atoms with Crippen LogP contribution < -0.4 is 14.2 Å². The molecule has 2 heterocycles. The van der Waals surface area contributed by atoms with Crippen LogP contribution >= 0.6 is 0 Å². The summed E-state index contributed by atoms with van der Waals surface area (Å²) in [6, 6.07) is 17.3. The molecular formula is C26H30N2O7S. The van der Waals surface area contributed by atoms with Gasteiger partial charge in [-0.2, -0.15) is 0 Å². The molecule has 0 unspecified atom stereocenters. The Balaban J connectivity index is 0.00000200. The largest absolute Gasteiger partial charge is 0.454 e. The first-order valence-corrected chi connectivity index (χ1v) is 13.1. The van der Waals surface area contributed by atoms with Crippen LogP contribution in [0.1, 0.15) is 27.0 Å². The highest BCUT2D eigenvalue weighted by Gasteiger charge is 2.51. The zero-order valence-electron chi connectivity index (χ0n) is 19.4. The molecule has 1 aliphatic heterocycles. The van der Waals surface area contributed by atoms with Crippen LogP contribution in [-0.2, 0) is 26.7 Å². The summed E-state index contributed by atoms with van der Waals surface area (Å²) >= 11 is 0. The molecular weight excluding hydrogens is 484 g/mol. The minimum atomic E-state index is -3.83. The maximum Gasteiger partial charge on any atom is 0.240 e.